The molecule has 0 saturated carbocycles. The quantitative estimate of drug-likeness (QED) is 0.524. The van der Waals surface area contributed by atoms with Gasteiger partial charge in [-0.1, -0.05) is 0 Å². The van der Waals surface area contributed by atoms with Crippen LogP contribution in [0.25, 0.3) is 0 Å². The zero-order valence-corrected chi connectivity index (χ0v) is 6.17. The average molecular weight is 152 g/mol. The Hall–Kier alpha value is 0.110. The highest BCUT2D eigenvalue weighted by molar-refractivity contribution is 7.47. The van der Waals surface area contributed by atoms with Crippen LogP contribution in [0.5, 0.6) is 0 Å². The van der Waals surface area contributed by atoms with Crippen molar-refractivity contribution in [1.82, 2.24) is 0 Å². The summed E-state index contributed by atoms with van der Waals surface area (Å²) in [5.74, 6) is 0. The molecule has 0 aromatic heterocycles. The van der Waals surface area contributed by atoms with E-state index in [0.717, 1.165) is 0 Å². The molecule has 1 aliphatic rings. The fraction of sp³-hybridized carbons (Fsp3) is 1.00. The summed E-state index contributed by atoms with van der Waals surface area (Å²) in [5.41, 5.74) is 0. The maximum atomic E-state index is 10.5. The fourth-order valence-corrected chi connectivity index (χ4v) is 1.85. The van der Waals surface area contributed by atoms with Gasteiger partial charge in [0.2, 0.25) is 0 Å². The van der Waals surface area contributed by atoms with Crippen molar-refractivity contribution in [2.75, 3.05) is 0 Å². The smallest absolute Gasteiger partial charge is 0.302 e. The lowest BCUT2D eigenvalue weighted by Crippen LogP contribution is -2.13. The minimum absolute atomic E-state index is 0.277. The van der Waals surface area contributed by atoms with Gasteiger partial charge in [0.15, 0.2) is 0 Å². The lowest BCUT2D eigenvalue weighted by molar-refractivity contribution is 0.187. The fourth-order valence-electron chi connectivity index (χ4n) is 0.616. The Morgan fingerprint density at radius 2 is 1.67 bits per heavy atom. The zero-order chi connectivity index (χ0) is 7.07. The molecule has 54 valence electrons. The van der Waals surface area contributed by atoms with Crippen molar-refractivity contribution in [1.29, 1.82) is 0 Å². The van der Waals surface area contributed by atoms with Gasteiger partial charge in [-0.25, -0.2) is 4.57 Å². The van der Waals surface area contributed by atoms with Crippen molar-refractivity contribution >= 4 is 7.82 Å². The summed E-state index contributed by atoms with van der Waals surface area (Å²) in [5, 5.41) is 0. The Bertz CT molecular complexity index is 143. The topological polar surface area (TPSA) is 55.8 Å². The molecular formula is C4H9O4P. The second-order valence-corrected chi connectivity index (χ2v) is 3.45. The van der Waals surface area contributed by atoms with Crippen molar-refractivity contribution in [3.8, 4) is 0 Å². The third-order valence-corrected chi connectivity index (χ3v) is 2.46. The van der Waals surface area contributed by atoms with Crippen LogP contribution in [0.1, 0.15) is 13.8 Å². The maximum absolute atomic E-state index is 10.5. The first kappa shape index (κ1) is 7.22. The maximum Gasteiger partial charge on any atom is 0.472 e. The largest absolute Gasteiger partial charge is 0.472 e. The summed E-state index contributed by atoms with van der Waals surface area (Å²) in [4.78, 5) is 8.65. The highest BCUT2D eigenvalue weighted by atomic mass is 31.2. The van der Waals surface area contributed by atoms with Gasteiger partial charge in [0, 0.05) is 0 Å². The van der Waals surface area contributed by atoms with E-state index in [1.54, 1.807) is 13.8 Å². The zero-order valence-electron chi connectivity index (χ0n) is 5.27. The number of rotatable bonds is 0. The van der Waals surface area contributed by atoms with E-state index >= 15 is 0 Å². The van der Waals surface area contributed by atoms with Crippen LogP contribution in [-0.4, -0.2) is 17.1 Å². The SMILES string of the molecule is C[C@H]1OP(=O)(O)O[C@@H]1C. The highest BCUT2D eigenvalue weighted by Gasteiger charge is 2.38. The molecule has 1 saturated heterocycles. The van der Waals surface area contributed by atoms with Crippen molar-refractivity contribution in [2.45, 2.75) is 26.1 Å². The predicted octanol–water partition coefficient (Wildman–Crippen LogP) is 0.911. The molecule has 0 radical (unpaired) electrons. The summed E-state index contributed by atoms with van der Waals surface area (Å²) in [7, 11) is -3.66. The second kappa shape index (κ2) is 2.06. The van der Waals surface area contributed by atoms with Crippen molar-refractivity contribution in [2.24, 2.45) is 0 Å². The summed E-state index contributed by atoms with van der Waals surface area (Å²) < 4.78 is 19.6. The minimum atomic E-state index is -3.66. The Kier molecular flexibility index (Phi) is 1.65. The van der Waals surface area contributed by atoms with E-state index in [-0.39, 0.29) is 12.2 Å². The van der Waals surface area contributed by atoms with Gasteiger partial charge >= 0.3 is 7.82 Å². The van der Waals surface area contributed by atoms with E-state index in [2.05, 4.69) is 9.05 Å². The van der Waals surface area contributed by atoms with E-state index in [9.17, 15) is 4.57 Å². The van der Waals surface area contributed by atoms with Gasteiger partial charge in [-0.2, -0.15) is 0 Å². The number of phosphoric ester groups is 1. The van der Waals surface area contributed by atoms with Crippen LogP contribution in [0.15, 0.2) is 0 Å². The predicted molar refractivity (Wildman–Crippen MR) is 30.9 cm³/mol. The highest BCUT2D eigenvalue weighted by Crippen LogP contribution is 2.52. The second-order valence-electron chi connectivity index (χ2n) is 2.09. The van der Waals surface area contributed by atoms with Crippen LogP contribution in [0.3, 0.4) is 0 Å². The van der Waals surface area contributed by atoms with E-state index in [0.29, 0.717) is 0 Å². The Morgan fingerprint density at radius 3 is 1.78 bits per heavy atom. The van der Waals surface area contributed by atoms with Crippen molar-refractivity contribution in [3.05, 3.63) is 0 Å². The van der Waals surface area contributed by atoms with Crippen LogP contribution in [-0.2, 0) is 13.6 Å². The van der Waals surface area contributed by atoms with Crippen LogP contribution in [0.2, 0.25) is 0 Å². The molecule has 0 amide bonds. The molecule has 0 aromatic rings. The molecule has 4 nitrogen and oxygen atoms in total. The molecule has 0 aliphatic carbocycles. The van der Waals surface area contributed by atoms with Crippen LogP contribution >= 0.6 is 7.82 Å². The van der Waals surface area contributed by atoms with Crippen molar-refractivity contribution in [3.63, 3.8) is 0 Å². The molecule has 0 unspecified atom stereocenters. The van der Waals surface area contributed by atoms with Crippen LogP contribution < -0.4 is 0 Å². The van der Waals surface area contributed by atoms with Gasteiger partial charge in [0.25, 0.3) is 0 Å². The van der Waals surface area contributed by atoms with Gasteiger partial charge < -0.3 is 4.89 Å². The third-order valence-electron chi connectivity index (χ3n) is 1.26. The molecule has 2 atom stereocenters. The van der Waals surface area contributed by atoms with Gasteiger partial charge in [0.1, 0.15) is 0 Å². The first-order valence-electron chi connectivity index (χ1n) is 2.71. The van der Waals surface area contributed by atoms with Crippen molar-refractivity contribution < 1.29 is 18.5 Å². The van der Waals surface area contributed by atoms with E-state index < -0.39 is 7.82 Å². The summed E-state index contributed by atoms with van der Waals surface area (Å²) >= 11 is 0. The molecule has 0 spiro atoms. The van der Waals surface area contributed by atoms with Gasteiger partial charge in [0.05, 0.1) is 12.2 Å². The normalized spacial score (nSPS) is 41.2. The summed E-state index contributed by atoms with van der Waals surface area (Å²) in [6.45, 7) is 3.39. The third kappa shape index (κ3) is 1.52. The Balaban J connectivity index is 2.65. The molecule has 0 bridgehead atoms. The molecule has 1 N–H and O–H groups in total. The molecule has 5 heteroatoms. The molecule has 1 aliphatic heterocycles. The number of hydrogen-bond acceptors (Lipinski definition) is 3. The van der Waals surface area contributed by atoms with E-state index in [4.69, 9.17) is 4.89 Å². The molecule has 1 heterocycles. The van der Waals surface area contributed by atoms with Gasteiger partial charge in [-0.05, 0) is 13.8 Å². The molecule has 9 heavy (non-hydrogen) atoms. The number of hydrogen-bond donors (Lipinski definition) is 1. The summed E-state index contributed by atoms with van der Waals surface area (Å²) in [6, 6.07) is 0. The number of phosphoric acid groups is 1. The van der Waals surface area contributed by atoms with Crippen LogP contribution in [0, 0.1) is 0 Å². The first-order valence-corrected chi connectivity index (χ1v) is 4.20. The van der Waals surface area contributed by atoms with E-state index in [1.165, 1.54) is 0 Å². The average Bonchev–Trinajstić information content (AvgIpc) is 1.79. The monoisotopic (exact) mass is 152 g/mol. The standard InChI is InChI=1S/C4H9O4P/c1-3-4(2)8-9(5,6)7-3/h3-4H,1-2H3,(H,5,6)/t3-,4-/m1/s1. The summed E-state index contributed by atoms with van der Waals surface area (Å²) in [6.07, 6.45) is -0.554. The molecular weight excluding hydrogens is 143 g/mol. The Morgan fingerprint density at radius 1 is 1.33 bits per heavy atom. The molecule has 1 fully saturated rings. The lowest BCUT2D eigenvalue weighted by Gasteiger charge is -2.00. The van der Waals surface area contributed by atoms with Gasteiger partial charge in [-0.15, -0.1) is 0 Å². The Labute approximate surface area is 53.4 Å². The first-order chi connectivity index (χ1) is 4.01. The lowest BCUT2D eigenvalue weighted by atomic mass is 10.3. The molecule has 0 aromatic carbocycles. The molecule has 1 rings (SSSR count). The van der Waals surface area contributed by atoms with Gasteiger partial charge in [-0.3, -0.25) is 9.05 Å². The van der Waals surface area contributed by atoms with Crippen LogP contribution in [0.4, 0.5) is 0 Å². The van der Waals surface area contributed by atoms with E-state index in [1.807, 2.05) is 0 Å². The minimum Gasteiger partial charge on any atom is -0.302 e.